The van der Waals surface area contributed by atoms with Gasteiger partial charge in [0.2, 0.25) is 0 Å². The summed E-state index contributed by atoms with van der Waals surface area (Å²) >= 11 is 0.829. The molecular weight excluding hydrogens is 627 g/mol. The first-order chi connectivity index (χ1) is 21.6. The summed E-state index contributed by atoms with van der Waals surface area (Å²) in [6.07, 6.45) is 1.74. The molecule has 0 aliphatic carbocycles. The molecule has 238 valence electrons. The van der Waals surface area contributed by atoms with E-state index in [0.717, 1.165) is 28.4 Å². The SMILES string of the molecule is COC(=O)CSC1=[N+]2C(=C(c3ccccc3)c3ccc(N(C(=O)OC(C)(C)C)c4cc([N+](=O)[O-])cc([N+](=O)[O-])c4)n3[B-]2(F)F)C=C1. The quantitative estimate of drug-likeness (QED) is 0.125. The molecule has 0 bridgehead atoms. The Morgan fingerprint density at radius 2 is 1.63 bits per heavy atom. The number of esters is 1. The second kappa shape index (κ2) is 11.9. The zero-order chi connectivity index (χ0) is 33.6. The number of nitro groups is 2. The van der Waals surface area contributed by atoms with Crippen molar-refractivity contribution >= 4 is 64.3 Å². The zero-order valence-electron chi connectivity index (χ0n) is 24.9. The van der Waals surface area contributed by atoms with Crippen LogP contribution in [0.2, 0.25) is 0 Å². The lowest BCUT2D eigenvalue weighted by molar-refractivity contribution is -0.394. The van der Waals surface area contributed by atoms with Crippen LogP contribution in [-0.2, 0) is 14.3 Å². The minimum absolute atomic E-state index is 0.00481. The Bertz CT molecular complexity index is 1850. The first kappa shape index (κ1) is 32.1. The van der Waals surface area contributed by atoms with Crippen LogP contribution in [0.15, 0.2) is 78.5 Å². The topological polar surface area (TPSA) is 150 Å². The van der Waals surface area contributed by atoms with Gasteiger partial charge in [0.05, 0.1) is 40.1 Å². The summed E-state index contributed by atoms with van der Waals surface area (Å²) in [5.41, 5.74) is -2.04. The molecule has 46 heavy (non-hydrogen) atoms. The van der Waals surface area contributed by atoms with Gasteiger partial charge in [-0.05, 0) is 38.5 Å². The molecule has 3 heterocycles. The standard InChI is InChI=1S/C29H26BF2N5O8S/c1-29(2,3)45-28(39)33(19-14-20(36(40)41)16-21(15-19)37(42)43)24-12-10-22-27(18-8-6-5-7-9-18)23-11-13-25(46-17-26(38)44-4)35(23)30(31,32)34(22)24/h5-16H,17H2,1-4H3. The lowest BCUT2D eigenvalue weighted by Gasteiger charge is -2.36. The van der Waals surface area contributed by atoms with Gasteiger partial charge in [0.1, 0.15) is 11.4 Å². The first-order valence-corrected chi connectivity index (χ1v) is 14.7. The molecule has 3 aromatic rings. The van der Waals surface area contributed by atoms with Gasteiger partial charge in [-0.15, -0.1) is 0 Å². The summed E-state index contributed by atoms with van der Waals surface area (Å²) in [5, 5.41) is 23.5. The molecular formula is C29H26BF2N5O8S. The molecule has 2 aliphatic rings. The number of allylic oxidation sites excluding steroid dienone is 1. The molecule has 0 spiro atoms. The maximum absolute atomic E-state index is 17.0. The van der Waals surface area contributed by atoms with Crippen LogP contribution in [0.3, 0.4) is 0 Å². The van der Waals surface area contributed by atoms with E-state index in [0.29, 0.717) is 26.6 Å². The molecule has 13 nitrogen and oxygen atoms in total. The van der Waals surface area contributed by atoms with Gasteiger partial charge in [-0.2, -0.15) is 0 Å². The Morgan fingerprint density at radius 1 is 1.00 bits per heavy atom. The molecule has 17 heteroatoms. The highest BCUT2D eigenvalue weighted by Gasteiger charge is 2.55. The fourth-order valence-electron chi connectivity index (χ4n) is 5.12. The molecule has 1 aromatic heterocycles. The van der Waals surface area contributed by atoms with E-state index in [2.05, 4.69) is 4.74 Å². The molecule has 2 aliphatic heterocycles. The van der Waals surface area contributed by atoms with Crippen LogP contribution in [-0.4, -0.2) is 61.4 Å². The third-order valence-electron chi connectivity index (χ3n) is 6.91. The lowest BCUT2D eigenvalue weighted by atomic mass is 9.86. The molecule has 0 saturated heterocycles. The van der Waals surface area contributed by atoms with Crippen molar-refractivity contribution in [2.45, 2.75) is 26.4 Å². The Labute approximate surface area is 264 Å². The van der Waals surface area contributed by atoms with Gasteiger partial charge in [-0.3, -0.25) is 25.0 Å². The van der Waals surface area contributed by atoms with Gasteiger partial charge in [0.15, 0.2) is 10.7 Å². The van der Waals surface area contributed by atoms with Crippen molar-refractivity contribution in [3.8, 4) is 0 Å². The Balaban J connectivity index is 1.81. The number of hydrogen-bond acceptors (Lipinski definition) is 9. The van der Waals surface area contributed by atoms with Gasteiger partial charge in [0, 0.05) is 30.0 Å². The molecule has 1 amide bonds. The first-order valence-electron chi connectivity index (χ1n) is 13.7. The number of fused-ring (bicyclic) bond motifs is 2. The number of thioether (sulfide) groups is 1. The number of rotatable bonds is 7. The molecule has 2 aromatic carbocycles. The number of ether oxygens (including phenoxy) is 2. The maximum atomic E-state index is 17.0. The van der Waals surface area contributed by atoms with Gasteiger partial charge in [-0.25, -0.2) is 9.69 Å². The van der Waals surface area contributed by atoms with E-state index in [4.69, 9.17) is 4.74 Å². The number of nitro benzene ring substituents is 2. The van der Waals surface area contributed by atoms with Crippen molar-refractivity contribution < 1.29 is 42.0 Å². The molecule has 0 saturated carbocycles. The van der Waals surface area contributed by atoms with Crippen molar-refractivity contribution in [3.63, 3.8) is 0 Å². The number of hydrogen-bond donors (Lipinski definition) is 0. The molecule has 5 rings (SSSR count). The zero-order valence-corrected chi connectivity index (χ0v) is 25.7. The van der Waals surface area contributed by atoms with Gasteiger partial charge >= 0.3 is 19.0 Å². The number of nitrogens with zero attached hydrogens (tertiary/aromatic N) is 5. The maximum Gasteiger partial charge on any atom is 0.739 e. The average Bonchev–Trinajstić information content (AvgIpc) is 3.62. The summed E-state index contributed by atoms with van der Waals surface area (Å²) in [4.78, 5) is 48.0. The van der Waals surface area contributed by atoms with Crippen molar-refractivity contribution in [1.29, 1.82) is 0 Å². The summed E-state index contributed by atoms with van der Waals surface area (Å²) in [6.45, 7) is -0.243. The predicted molar refractivity (Wildman–Crippen MR) is 167 cm³/mol. The second-order valence-corrected chi connectivity index (χ2v) is 12.1. The largest absolute Gasteiger partial charge is 0.739 e. The summed E-state index contributed by atoms with van der Waals surface area (Å²) < 4.78 is 45.6. The van der Waals surface area contributed by atoms with E-state index in [1.165, 1.54) is 52.2 Å². The number of anilines is 2. The number of benzene rings is 2. The average molecular weight is 653 g/mol. The minimum Gasteiger partial charge on any atom is -0.468 e. The van der Waals surface area contributed by atoms with Crippen LogP contribution in [0.1, 0.15) is 32.0 Å². The van der Waals surface area contributed by atoms with Gasteiger partial charge < -0.3 is 27.1 Å². The Morgan fingerprint density at radius 3 is 2.20 bits per heavy atom. The van der Waals surface area contributed by atoms with Gasteiger partial charge in [-0.1, -0.05) is 42.1 Å². The molecule has 0 N–H and O–H groups in total. The van der Waals surface area contributed by atoms with Crippen LogP contribution in [0.4, 0.5) is 36.3 Å². The number of halogens is 2. The van der Waals surface area contributed by atoms with E-state index in [9.17, 15) is 29.8 Å². The smallest absolute Gasteiger partial charge is 0.468 e. The molecule has 0 unspecified atom stereocenters. The van der Waals surface area contributed by atoms with Crippen LogP contribution in [0, 0.1) is 20.2 Å². The minimum atomic E-state index is -4.84. The van der Waals surface area contributed by atoms with Crippen molar-refractivity contribution in [3.05, 3.63) is 110 Å². The number of aromatic nitrogens is 1. The summed E-state index contributed by atoms with van der Waals surface area (Å²) in [7, 11) is 1.18. The van der Waals surface area contributed by atoms with Crippen LogP contribution < -0.4 is 4.90 Å². The third kappa shape index (κ3) is 5.88. The van der Waals surface area contributed by atoms with Crippen molar-refractivity contribution in [2.75, 3.05) is 17.8 Å². The fourth-order valence-corrected chi connectivity index (χ4v) is 6.03. The lowest BCUT2D eigenvalue weighted by Crippen LogP contribution is -2.52. The summed E-state index contributed by atoms with van der Waals surface area (Å²) in [5.74, 6) is -1.37. The fraction of sp³-hybridized carbons (Fsp3) is 0.207. The van der Waals surface area contributed by atoms with Crippen molar-refractivity contribution in [1.82, 2.24) is 4.48 Å². The highest BCUT2D eigenvalue weighted by molar-refractivity contribution is 8.14. The van der Waals surface area contributed by atoms with Gasteiger partial charge in [0.25, 0.3) is 11.4 Å². The monoisotopic (exact) mass is 653 g/mol. The van der Waals surface area contributed by atoms with E-state index in [-0.39, 0.29) is 22.2 Å². The number of methoxy groups -OCH3 is 1. The van der Waals surface area contributed by atoms with E-state index >= 15 is 8.63 Å². The molecule has 0 fully saturated rings. The molecule has 0 radical (unpaired) electrons. The Kier molecular flexibility index (Phi) is 8.29. The van der Waals surface area contributed by atoms with E-state index in [1.54, 1.807) is 30.3 Å². The number of amides is 1. The second-order valence-electron chi connectivity index (χ2n) is 11.1. The Hall–Kier alpha value is -5.32. The van der Waals surface area contributed by atoms with Crippen LogP contribution >= 0.6 is 11.8 Å². The number of carbonyl (C=O) groups is 2. The number of carbonyl (C=O) groups excluding carboxylic acids is 2. The molecule has 0 atom stereocenters. The summed E-state index contributed by atoms with van der Waals surface area (Å²) in [6, 6.07) is 13.7. The highest BCUT2D eigenvalue weighted by atomic mass is 32.2. The van der Waals surface area contributed by atoms with E-state index < -0.39 is 57.4 Å². The number of non-ortho nitro benzene ring substituents is 2. The van der Waals surface area contributed by atoms with Crippen LogP contribution in [0.5, 0.6) is 0 Å². The van der Waals surface area contributed by atoms with Crippen molar-refractivity contribution in [2.24, 2.45) is 0 Å². The van der Waals surface area contributed by atoms with Crippen LogP contribution in [0.25, 0.3) is 5.57 Å². The highest BCUT2D eigenvalue weighted by Crippen LogP contribution is 2.45. The predicted octanol–water partition coefficient (Wildman–Crippen LogP) is 6.26. The van der Waals surface area contributed by atoms with E-state index in [1.807, 2.05) is 0 Å². The third-order valence-corrected chi connectivity index (χ3v) is 7.92. The normalized spacial score (nSPS) is 14.9.